The summed E-state index contributed by atoms with van der Waals surface area (Å²) in [6.45, 7) is 1.90. The molecule has 0 atom stereocenters. The van der Waals surface area contributed by atoms with E-state index < -0.39 is 0 Å². The number of halogens is 2. The number of likely N-dealkylation sites (tertiary alicyclic amines) is 1. The molecule has 178 valence electrons. The molecule has 8 heteroatoms. The van der Waals surface area contributed by atoms with Crippen molar-refractivity contribution in [2.45, 2.75) is 26.7 Å². The molecule has 1 aliphatic rings. The predicted molar refractivity (Wildman–Crippen MR) is 139 cm³/mol. The predicted octanol–water partition coefficient (Wildman–Crippen LogP) is 6.10. The molecule has 2 aromatic carbocycles. The summed E-state index contributed by atoms with van der Waals surface area (Å²) >= 11 is 12.1. The Morgan fingerprint density at radius 3 is 2.41 bits per heavy atom. The van der Waals surface area contributed by atoms with Crippen LogP contribution >= 0.6 is 23.2 Å². The largest absolute Gasteiger partial charge is 0.496 e. The summed E-state index contributed by atoms with van der Waals surface area (Å²) in [4.78, 5) is 19.2. The summed E-state index contributed by atoms with van der Waals surface area (Å²) < 4.78 is 5.54. The van der Waals surface area contributed by atoms with Crippen LogP contribution in [0.1, 0.15) is 40.9 Å². The number of amides is 1. The van der Waals surface area contributed by atoms with Crippen molar-refractivity contribution in [3.05, 3.63) is 87.0 Å². The van der Waals surface area contributed by atoms with E-state index in [9.17, 15) is 4.79 Å². The van der Waals surface area contributed by atoms with Gasteiger partial charge in [-0.25, -0.2) is 4.98 Å². The van der Waals surface area contributed by atoms with Gasteiger partial charge >= 0.3 is 0 Å². The van der Waals surface area contributed by atoms with E-state index in [1.807, 2.05) is 24.3 Å². The quantitative estimate of drug-likeness (QED) is 0.304. The van der Waals surface area contributed by atoms with Crippen molar-refractivity contribution in [3.8, 4) is 5.75 Å². The number of ether oxygens (including phenoxy) is 1. The number of hydrogen-bond acceptors (Lipinski definition) is 4. The van der Waals surface area contributed by atoms with Gasteiger partial charge in [0.25, 0.3) is 5.91 Å². The van der Waals surface area contributed by atoms with Crippen LogP contribution in [0.5, 0.6) is 5.75 Å². The summed E-state index contributed by atoms with van der Waals surface area (Å²) in [5.74, 6) is 1.21. The third-order valence-electron chi connectivity index (χ3n) is 5.67. The number of pyridine rings is 1. The Morgan fingerprint density at radius 2 is 1.82 bits per heavy atom. The molecule has 1 saturated heterocycles. The van der Waals surface area contributed by atoms with E-state index in [-0.39, 0.29) is 13.3 Å². The molecule has 2 heterocycles. The van der Waals surface area contributed by atoms with Gasteiger partial charge in [-0.15, -0.1) is 0 Å². The van der Waals surface area contributed by atoms with Gasteiger partial charge in [0.1, 0.15) is 17.4 Å². The van der Waals surface area contributed by atoms with Crippen molar-refractivity contribution in [3.63, 3.8) is 0 Å². The van der Waals surface area contributed by atoms with E-state index in [0.717, 1.165) is 36.2 Å². The van der Waals surface area contributed by atoms with Crippen LogP contribution in [0.15, 0.2) is 54.7 Å². The number of hydrogen-bond donors (Lipinski definition) is 2. The van der Waals surface area contributed by atoms with Gasteiger partial charge in [0, 0.05) is 41.0 Å². The van der Waals surface area contributed by atoms with Crippen LogP contribution in [0, 0.1) is 5.41 Å². The van der Waals surface area contributed by atoms with Crippen LogP contribution in [-0.2, 0) is 12.8 Å². The topological polar surface area (TPSA) is 78.3 Å². The van der Waals surface area contributed by atoms with Crippen LogP contribution in [0.3, 0.4) is 0 Å². The molecule has 4 rings (SSSR count). The molecule has 0 spiro atoms. The molecule has 6 nitrogen and oxygen atoms in total. The van der Waals surface area contributed by atoms with E-state index in [2.05, 4.69) is 15.2 Å². The van der Waals surface area contributed by atoms with Gasteiger partial charge in [-0.2, -0.15) is 0 Å². The molecule has 0 saturated carbocycles. The lowest BCUT2D eigenvalue weighted by molar-refractivity contribution is 0.102. The average Bonchev–Trinajstić information content (AvgIpc) is 2.78. The van der Waals surface area contributed by atoms with E-state index >= 15 is 0 Å². The molecule has 3 aromatic rings. The van der Waals surface area contributed by atoms with E-state index in [0.29, 0.717) is 45.9 Å². The highest BCUT2D eigenvalue weighted by Gasteiger charge is 2.20. The summed E-state index contributed by atoms with van der Waals surface area (Å²) in [6.07, 6.45) is 3.91. The van der Waals surface area contributed by atoms with E-state index in [1.54, 1.807) is 31.4 Å². The normalized spacial score (nSPS) is 12.4. The van der Waals surface area contributed by atoms with Crippen molar-refractivity contribution < 1.29 is 9.53 Å². The first kappa shape index (κ1) is 25.5. The Kier molecular flexibility index (Phi) is 8.53. The zero-order chi connectivity index (χ0) is 23.4. The average molecular weight is 499 g/mol. The molecule has 1 aliphatic heterocycles. The van der Waals surface area contributed by atoms with E-state index in [4.69, 9.17) is 33.3 Å². The van der Waals surface area contributed by atoms with Gasteiger partial charge in [0.05, 0.1) is 12.1 Å². The Morgan fingerprint density at radius 1 is 1.09 bits per heavy atom. The fourth-order valence-corrected chi connectivity index (χ4v) is 4.03. The monoisotopic (exact) mass is 498 g/mol. The molecule has 0 unspecified atom stereocenters. The van der Waals surface area contributed by atoms with Crippen molar-refractivity contribution >= 4 is 40.8 Å². The van der Waals surface area contributed by atoms with Crippen LogP contribution in [0.4, 0.5) is 5.82 Å². The molecular weight excluding hydrogens is 471 g/mol. The number of amidine groups is 1. The number of aryl methyl sites for hydroxylation is 1. The van der Waals surface area contributed by atoms with Crippen molar-refractivity contribution in [2.75, 3.05) is 25.5 Å². The maximum absolute atomic E-state index is 13.0. The lowest BCUT2D eigenvalue weighted by Crippen LogP contribution is -2.42. The first-order valence-electron chi connectivity index (χ1n) is 10.7. The Balaban J connectivity index is 0.00000324. The number of benzene rings is 2. The third kappa shape index (κ3) is 5.88. The highest BCUT2D eigenvalue weighted by Crippen LogP contribution is 2.29. The third-order valence-corrected chi connectivity index (χ3v) is 6.11. The number of carbonyl (C=O) groups excluding carboxylic acids is 1. The van der Waals surface area contributed by atoms with Crippen LogP contribution in [-0.4, -0.2) is 41.8 Å². The number of nitrogens with zero attached hydrogens (tertiary/aromatic N) is 2. The molecule has 1 amide bonds. The number of aromatic nitrogens is 1. The van der Waals surface area contributed by atoms with Crippen LogP contribution in [0.25, 0.3) is 0 Å². The van der Waals surface area contributed by atoms with Gasteiger partial charge < -0.3 is 15.0 Å². The highest BCUT2D eigenvalue weighted by molar-refractivity contribution is 6.31. The number of rotatable bonds is 7. The number of carbonyl (C=O) groups is 1. The summed E-state index contributed by atoms with van der Waals surface area (Å²) in [7, 11) is 1.56. The van der Waals surface area contributed by atoms with Crippen LogP contribution < -0.4 is 10.1 Å². The minimum Gasteiger partial charge on any atom is -0.496 e. The van der Waals surface area contributed by atoms with Crippen molar-refractivity contribution in [1.82, 2.24) is 9.88 Å². The maximum atomic E-state index is 13.0. The molecule has 34 heavy (non-hydrogen) atoms. The summed E-state index contributed by atoms with van der Waals surface area (Å²) in [5.41, 5.74) is 3.23. The van der Waals surface area contributed by atoms with Crippen LogP contribution in [0.2, 0.25) is 10.0 Å². The second-order valence-electron chi connectivity index (χ2n) is 7.84. The van der Waals surface area contributed by atoms with E-state index in [1.165, 1.54) is 6.20 Å². The zero-order valence-corrected chi connectivity index (χ0v) is 19.7. The lowest BCUT2D eigenvalue weighted by Gasteiger charge is -2.33. The van der Waals surface area contributed by atoms with Gasteiger partial charge in [0.2, 0.25) is 0 Å². The zero-order valence-electron chi connectivity index (χ0n) is 18.2. The molecule has 0 bridgehead atoms. The van der Waals surface area contributed by atoms with Gasteiger partial charge in [0.15, 0.2) is 0 Å². The SMILES string of the molecule is C.COc1cc(Cl)cc(C(=O)Nc2ccc(Cl)cn2)c1CCc1ccc(C(=N)N2CCC2)cc1. The smallest absolute Gasteiger partial charge is 0.257 e. The second-order valence-corrected chi connectivity index (χ2v) is 8.71. The van der Waals surface area contributed by atoms with Crippen molar-refractivity contribution in [1.29, 1.82) is 5.41 Å². The Bertz CT molecular complexity index is 1160. The van der Waals surface area contributed by atoms with Crippen molar-refractivity contribution in [2.24, 2.45) is 0 Å². The fourth-order valence-electron chi connectivity index (χ4n) is 3.71. The molecular formula is C26H28Cl2N4O2. The minimum atomic E-state index is -0.320. The molecule has 1 fully saturated rings. The Labute approximate surface area is 210 Å². The number of methoxy groups -OCH3 is 1. The summed E-state index contributed by atoms with van der Waals surface area (Å²) in [5, 5.41) is 12.0. The minimum absolute atomic E-state index is 0. The first-order chi connectivity index (χ1) is 15.9. The second kappa shape index (κ2) is 11.4. The van der Waals surface area contributed by atoms with Gasteiger partial charge in [-0.05, 0) is 49.1 Å². The standard InChI is InChI=1S/C25H24Cl2N4O2.CH4/c1-33-22-14-19(27)13-21(25(32)30-23-10-8-18(26)15-29-23)20(22)9-5-16-3-6-17(7-4-16)24(28)31-11-2-12-31;/h3-4,6-8,10,13-15,28H,2,5,9,11-12H2,1H3,(H,29,30,32);1H4. The first-order valence-corrected chi connectivity index (χ1v) is 11.4. The lowest BCUT2D eigenvalue weighted by atomic mass is 9.97. The number of anilines is 1. The maximum Gasteiger partial charge on any atom is 0.257 e. The summed E-state index contributed by atoms with van der Waals surface area (Å²) in [6, 6.07) is 14.7. The molecule has 0 radical (unpaired) electrons. The van der Waals surface area contributed by atoms with Gasteiger partial charge in [-0.3, -0.25) is 10.2 Å². The highest BCUT2D eigenvalue weighted by atomic mass is 35.5. The molecule has 0 aliphatic carbocycles. The molecule has 2 N–H and O–H groups in total. The Hall–Kier alpha value is -3.09. The fraction of sp³-hybridized carbons (Fsp3) is 0.269. The molecule has 1 aromatic heterocycles. The van der Waals surface area contributed by atoms with Gasteiger partial charge in [-0.1, -0.05) is 54.9 Å². The number of nitrogens with one attached hydrogen (secondary N) is 2.